The zero-order valence-electron chi connectivity index (χ0n) is 11.3. The quantitative estimate of drug-likeness (QED) is 0.305. The molecule has 0 aliphatic rings. The molecule has 7 nitrogen and oxygen atoms in total. The molecule has 0 aliphatic heterocycles. The molecule has 8 heteroatoms. The summed E-state index contributed by atoms with van der Waals surface area (Å²) in [6.07, 6.45) is 0.775. The highest BCUT2D eigenvalue weighted by molar-refractivity contribution is 5.85. The summed E-state index contributed by atoms with van der Waals surface area (Å²) in [5.74, 6) is 0. The fourth-order valence-electron chi connectivity index (χ4n) is 1.65. The first-order valence-electron chi connectivity index (χ1n) is 6.31. The Labute approximate surface area is 124 Å². The zero-order valence-corrected chi connectivity index (χ0v) is 12.1. The maximum absolute atomic E-state index is 11.0. The van der Waals surface area contributed by atoms with Crippen molar-refractivity contribution < 1.29 is 4.92 Å². The molecule has 1 aromatic rings. The summed E-state index contributed by atoms with van der Waals surface area (Å²) in [4.78, 5) is 10.7. The number of nitro benzene ring substituents is 1. The molecule has 0 fully saturated rings. The van der Waals surface area contributed by atoms with Crippen LogP contribution in [0.1, 0.15) is 12.0 Å². The van der Waals surface area contributed by atoms with Crippen molar-refractivity contribution >= 4 is 23.8 Å². The van der Waals surface area contributed by atoms with E-state index in [1.807, 2.05) is 6.07 Å². The highest BCUT2D eigenvalue weighted by Crippen LogP contribution is 2.25. The summed E-state index contributed by atoms with van der Waals surface area (Å²) in [5, 5.41) is 17.2. The fraction of sp³-hybridized carbons (Fsp3) is 0.500. The van der Waals surface area contributed by atoms with Gasteiger partial charge >= 0.3 is 0 Å². The number of nitrogens with two attached hydrogens (primary N) is 2. The first kappa shape index (κ1) is 18.6. The molecule has 0 heterocycles. The molecule has 0 atom stereocenters. The van der Waals surface area contributed by atoms with Gasteiger partial charge in [-0.1, -0.05) is 6.07 Å². The largest absolute Gasteiger partial charge is 0.379 e. The number of rotatable bonds is 9. The van der Waals surface area contributed by atoms with E-state index in [2.05, 4.69) is 10.6 Å². The smallest absolute Gasteiger partial charge is 0.292 e. The second kappa shape index (κ2) is 10.4. The molecule has 20 heavy (non-hydrogen) atoms. The van der Waals surface area contributed by atoms with Gasteiger partial charge in [-0.15, -0.1) is 12.4 Å². The van der Waals surface area contributed by atoms with Gasteiger partial charge in [0.25, 0.3) is 5.69 Å². The molecule has 0 spiro atoms. The van der Waals surface area contributed by atoms with E-state index in [4.69, 9.17) is 11.5 Å². The minimum atomic E-state index is -0.378. The van der Waals surface area contributed by atoms with Crippen molar-refractivity contribution in [3.8, 4) is 0 Å². The van der Waals surface area contributed by atoms with Crippen LogP contribution in [-0.4, -0.2) is 31.1 Å². The highest BCUT2D eigenvalue weighted by atomic mass is 35.5. The molecule has 0 bridgehead atoms. The minimum Gasteiger partial charge on any atom is -0.379 e. The maximum Gasteiger partial charge on any atom is 0.292 e. The second-order valence-corrected chi connectivity index (χ2v) is 4.14. The van der Waals surface area contributed by atoms with E-state index in [1.165, 1.54) is 0 Å². The first-order valence-corrected chi connectivity index (χ1v) is 6.31. The molecule has 1 rings (SSSR count). The van der Waals surface area contributed by atoms with Crippen LogP contribution in [0, 0.1) is 10.1 Å². The Balaban J connectivity index is 0.00000361. The minimum absolute atomic E-state index is 0. The van der Waals surface area contributed by atoms with Crippen LogP contribution < -0.4 is 22.1 Å². The molecule has 0 aliphatic carbocycles. The van der Waals surface area contributed by atoms with E-state index in [0.717, 1.165) is 12.0 Å². The number of benzene rings is 1. The Bertz CT molecular complexity index is 417. The van der Waals surface area contributed by atoms with E-state index in [1.54, 1.807) is 12.1 Å². The third-order valence-electron chi connectivity index (χ3n) is 2.61. The lowest BCUT2D eigenvalue weighted by Gasteiger charge is -2.08. The van der Waals surface area contributed by atoms with Gasteiger partial charge in [0, 0.05) is 32.2 Å². The number of halogens is 1. The van der Waals surface area contributed by atoms with Crippen molar-refractivity contribution in [3.63, 3.8) is 0 Å². The van der Waals surface area contributed by atoms with E-state index in [-0.39, 0.29) is 23.0 Å². The number of nitrogens with zero attached hydrogens (tertiary/aromatic N) is 1. The number of hydrogen-bond acceptors (Lipinski definition) is 6. The third kappa shape index (κ3) is 6.16. The average Bonchev–Trinajstić information content (AvgIpc) is 2.40. The second-order valence-electron chi connectivity index (χ2n) is 4.14. The van der Waals surface area contributed by atoms with Crippen LogP contribution in [0.5, 0.6) is 0 Å². The van der Waals surface area contributed by atoms with Crippen LogP contribution in [-0.2, 0) is 6.54 Å². The van der Waals surface area contributed by atoms with Crippen LogP contribution in [0.2, 0.25) is 0 Å². The van der Waals surface area contributed by atoms with E-state index in [9.17, 15) is 10.1 Å². The molecule has 1 aromatic carbocycles. The lowest BCUT2D eigenvalue weighted by Crippen LogP contribution is -2.21. The van der Waals surface area contributed by atoms with Crippen LogP contribution >= 0.6 is 12.4 Å². The number of anilines is 1. The van der Waals surface area contributed by atoms with E-state index < -0.39 is 0 Å². The zero-order chi connectivity index (χ0) is 14.1. The summed E-state index contributed by atoms with van der Waals surface area (Å²) in [6.45, 7) is 2.98. The van der Waals surface area contributed by atoms with Crippen molar-refractivity contribution in [2.75, 3.05) is 31.5 Å². The summed E-state index contributed by atoms with van der Waals surface area (Å²) in [6, 6.07) is 5.17. The molecule has 114 valence electrons. The monoisotopic (exact) mass is 303 g/mol. The molecule has 0 aromatic heterocycles. The van der Waals surface area contributed by atoms with Gasteiger partial charge in [-0.05, 0) is 24.6 Å². The van der Waals surface area contributed by atoms with Gasteiger partial charge in [0.1, 0.15) is 5.69 Å². The average molecular weight is 304 g/mol. The van der Waals surface area contributed by atoms with Gasteiger partial charge < -0.3 is 22.1 Å². The molecule has 6 N–H and O–H groups in total. The van der Waals surface area contributed by atoms with Crippen LogP contribution in [0.4, 0.5) is 11.4 Å². The van der Waals surface area contributed by atoms with Crippen molar-refractivity contribution in [2.45, 2.75) is 13.0 Å². The van der Waals surface area contributed by atoms with Gasteiger partial charge in [0.2, 0.25) is 0 Å². The SMILES string of the molecule is Cl.NCCCNc1ccc(CNCCN)cc1[N+](=O)[O-]. The van der Waals surface area contributed by atoms with Crippen LogP contribution in [0.3, 0.4) is 0 Å². The number of hydrogen-bond donors (Lipinski definition) is 4. The predicted octanol–water partition coefficient (Wildman–Crippen LogP) is 0.826. The van der Waals surface area contributed by atoms with E-state index >= 15 is 0 Å². The third-order valence-corrected chi connectivity index (χ3v) is 2.61. The molecule has 0 radical (unpaired) electrons. The summed E-state index contributed by atoms with van der Waals surface area (Å²) in [5.41, 5.74) is 12.2. The van der Waals surface area contributed by atoms with Crippen molar-refractivity contribution in [1.82, 2.24) is 5.32 Å². The van der Waals surface area contributed by atoms with Crippen LogP contribution in [0.25, 0.3) is 0 Å². The summed E-state index contributed by atoms with van der Waals surface area (Å²) in [7, 11) is 0. The van der Waals surface area contributed by atoms with Gasteiger partial charge in [-0.25, -0.2) is 0 Å². The fourth-order valence-corrected chi connectivity index (χ4v) is 1.65. The molecule has 0 saturated carbocycles. The number of nitro groups is 1. The Kier molecular flexibility index (Phi) is 9.65. The normalized spacial score (nSPS) is 9.90. The predicted molar refractivity (Wildman–Crippen MR) is 83.3 cm³/mol. The standard InChI is InChI=1S/C12H21N5O2.ClH/c13-4-1-6-16-11-3-2-10(9-15-7-5-14)8-12(11)17(18)19;/h2-3,8,15-16H,1,4-7,9,13-14H2;1H. The molecular formula is C12H22ClN5O2. The Morgan fingerprint density at radius 3 is 2.55 bits per heavy atom. The molecule has 0 unspecified atom stereocenters. The topological polar surface area (TPSA) is 119 Å². The van der Waals surface area contributed by atoms with Gasteiger partial charge in [-0.3, -0.25) is 10.1 Å². The van der Waals surface area contributed by atoms with Crippen LogP contribution in [0.15, 0.2) is 18.2 Å². The van der Waals surface area contributed by atoms with Gasteiger partial charge in [0.05, 0.1) is 4.92 Å². The molecular weight excluding hydrogens is 282 g/mol. The lowest BCUT2D eigenvalue weighted by molar-refractivity contribution is -0.384. The highest BCUT2D eigenvalue weighted by Gasteiger charge is 2.13. The number of nitrogens with one attached hydrogen (secondary N) is 2. The lowest BCUT2D eigenvalue weighted by atomic mass is 10.1. The van der Waals surface area contributed by atoms with Gasteiger partial charge in [0.15, 0.2) is 0 Å². The molecule has 0 saturated heterocycles. The summed E-state index contributed by atoms with van der Waals surface area (Å²) >= 11 is 0. The van der Waals surface area contributed by atoms with Gasteiger partial charge in [-0.2, -0.15) is 0 Å². The van der Waals surface area contributed by atoms with Crippen molar-refractivity contribution in [2.24, 2.45) is 11.5 Å². The Morgan fingerprint density at radius 1 is 1.20 bits per heavy atom. The maximum atomic E-state index is 11.0. The van der Waals surface area contributed by atoms with E-state index in [0.29, 0.717) is 38.4 Å². The van der Waals surface area contributed by atoms with Crippen molar-refractivity contribution in [3.05, 3.63) is 33.9 Å². The van der Waals surface area contributed by atoms with Crippen molar-refractivity contribution in [1.29, 1.82) is 0 Å². The molecule has 0 amide bonds. The summed E-state index contributed by atoms with van der Waals surface area (Å²) < 4.78 is 0. The first-order chi connectivity index (χ1) is 9.19. The Morgan fingerprint density at radius 2 is 1.95 bits per heavy atom. The Hall–Kier alpha value is -1.41.